The van der Waals surface area contributed by atoms with Crippen LogP contribution in [0.2, 0.25) is 10.4 Å². The highest BCUT2D eigenvalue weighted by Crippen LogP contribution is 2.23. The summed E-state index contributed by atoms with van der Waals surface area (Å²) in [5, 5.41) is 0.443. The lowest BCUT2D eigenvalue weighted by Crippen LogP contribution is -1.89. The van der Waals surface area contributed by atoms with Crippen LogP contribution in [0, 0.1) is 0 Å². The molecule has 0 aliphatic carbocycles. The van der Waals surface area contributed by atoms with Crippen molar-refractivity contribution in [1.29, 1.82) is 0 Å². The topological polar surface area (TPSA) is 38.7 Å². The Hall–Kier alpha value is -1.19. The minimum absolute atomic E-state index is 0.134. The highest BCUT2D eigenvalue weighted by Gasteiger charge is 2.06. The van der Waals surface area contributed by atoms with E-state index in [0.29, 0.717) is 10.7 Å². The summed E-state index contributed by atoms with van der Waals surface area (Å²) < 4.78 is 0. The Kier molecular flexibility index (Phi) is 2.61. The summed E-state index contributed by atoms with van der Waals surface area (Å²) in [6.07, 6.45) is 3.24. The second kappa shape index (κ2) is 3.90. The van der Waals surface area contributed by atoms with Crippen LogP contribution >= 0.6 is 23.2 Å². The van der Waals surface area contributed by atoms with Crippen molar-refractivity contribution in [3.8, 4) is 11.3 Å². The van der Waals surface area contributed by atoms with Crippen LogP contribution in [-0.4, -0.2) is 15.0 Å². The van der Waals surface area contributed by atoms with Crippen molar-refractivity contribution < 1.29 is 0 Å². The normalized spacial score (nSPS) is 10.1. The highest BCUT2D eigenvalue weighted by molar-refractivity contribution is 6.33. The van der Waals surface area contributed by atoms with Crippen LogP contribution in [0.1, 0.15) is 0 Å². The number of nitrogens with zero attached hydrogens (tertiary/aromatic N) is 3. The van der Waals surface area contributed by atoms with Crippen LogP contribution in [0.15, 0.2) is 30.6 Å². The van der Waals surface area contributed by atoms with Gasteiger partial charge in [0.1, 0.15) is 5.15 Å². The van der Waals surface area contributed by atoms with Crippen LogP contribution in [0.4, 0.5) is 0 Å². The van der Waals surface area contributed by atoms with E-state index in [4.69, 9.17) is 23.2 Å². The van der Waals surface area contributed by atoms with E-state index in [1.54, 1.807) is 12.4 Å². The van der Waals surface area contributed by atoms with Crippen molar-refractivity contribution in [3.63, 3.8) is 0 Å². The van der Waals surface area contributed by atoms with E-state index in [0.717, 1.165) is 5.69 Å². The molecule has 14 heavy (non-hydrogen) atoms. The Morgan fingerprint density at radius 3 is 2.57 bits per heavy atom. The van der Waals surface area contributed by atoms with Crippen molar-refractivity contribution in [2.45, 2.75) is 0 Å². The Labute approximate surface area is 90.8 Å². The minimum Gasteiger partial charge on any atom is -0.256 e. The number of rotatable bonds is 1. The molecule has 2 rings (SSSR count). The van der Waals surface area contributed by atoms with Gasteiger partial charge in [-0.3, -0.25) is 4.98 Å². The third-order valence-electron chi connectivity index (χ3n) is 1.65. The smallest absolute Gasteiger partial charge is 0.223 e. The lowest BCUT2D eigenvalue weighted by atomic mass is 10.2. The molecule has 0 spiro atoms. The van der Waals surface area contributed by atoms with E-state index >= 15 is 0 Å². The molecule has 0 unspecified atom stereocenters. The maximum Gasteiger partial charge on any atom is 0.223 e. The Bertz CT molecular complexity index is 445. The van der Waals surface area contributed by atoms with Crippen molar-refractivity contribution in [2.75, 3.05) is 0 Å². The van der Waals surface area contributed by atoms with Crippen molar-refractivity contribution >= 4 is 23.2 Å². The standard InChI is InChI=1S/C9H5Cl2N3/c10-8-6(5-13-9(11)14-8)7-3-1-2-4-12-7/h1-5H. The largest absolute Gasteiger partial charge is 0.256 e. The molecule has 0 aromatic carbocycles. The third-order valence-corrected chi connectivity index (χ3v) is 2.12. The molecule has 0 radical (unpaired) electrons. The summed E-state index contributed by atoms with van der Waals surface area (Å²) in [6, 6.07) is 5.53. The van der Waals surface area contributed by atoms with Crippen LogP contribution in [0.5, 0.6) is 0 Å². The Balaban J connectivity index is 2.53. The summed E-state index contributed by atoms with van der Waals surface area (Å²) in [7, 11) is 0. The molecular weight excluding hydrogens is 221 g/mol. The molecule has 3 nitrogen and oxygen atoms in total. The van der Waals surface area contributed by atoms with Gasteiger partial charge >= 0.3 is 0 Å². The first-order valence-electron chi connectivity index (χ1n) is 3.87. The van der Waals surface area contributed by atoms with Gasteiger partial charge in [-0.15, -0.1) is 0 Å². The maximum atomic E-state index is 5.89. The predicted molar refractivity (Wildman–Crippen MR) is 55.3 cm³/mol. The van der Waals surface area contributed by atoms with Gasteiger partial charge in [-0.25, -0.2) is 9.97 Å². The molecule has 0 aliphatic heterocycles. The second-order valence-electron chi connectivity index (χ2n) is 2.56. The van der Waals surface area contributed by atoms with Gasteiger partial charge in [0.05, 0.1) is 11.3 Å². The zero-order chi connectivity index (χ0) is 9.97. The third kappa shape index (κ3) is 1.84. The van der Waals surface area contributed by atoms with Crippen molar-refractivity contribution in [3.05, 3.63) is 41.0 Å². The summed E-state index contributed by atoms with van der Waals surface area (Å²) in [5.41, 5.74) is 1.41. The number of aromatic nitrogens is 3. The van der Waals surface area contributed by atoms with E-state index in [2.05, 4.69) is 15.0 Å². The predicted octanol–water partition coefficient (Wildman–Crippen LogP) is 2.85. The monoisotopic (exact) mass is 225 g/mol. The number of hydrogen-bond donors (Lipinski definition) is 0. The van der Waals surface area contributed by atoms with Gasteiger partial charge in [0.25, 0.3) is 0 Å². The Morgan fingerprint density at radius 1 is 1.07 bits per heavy atom. The molecule has 0 N–H and O–H groups in total. The fraction of sp³-hybridized carbons (Fsp3) is 0. The molecule has 70 valence electrons. The first kappa shape index (κ1) is 9.37. The van der Waals surface area contributed by atoms with E-state index in [1.807, 2.05) is 18.2 Å². The van der Waals surface area contributed by atoms with E-state index in [-0.39, 0.29) is 5.28 Å². The first-order valence-corrected chi connectivity index (χ1v) is 4.62. The van der Waals surface area contributed by atoms with Crippen molar-refractivity contribution in [2.24, 2.45) is 0 Å². The average Bonchev–Trinajstić information content (AvgIpc) is 2.19. The summed E-state index contributed by atoms with van der Waals surface area (Å²) >= 11 is 11.5. The quantitative estimate of drug-likeness (QED) is 0.554. The van der Waals surface area contributed by atoms with Crippen LogP contribution in [0.3, 0.4) is 0 Å². The molecule has 0 saturated heterocycles. The summed E-state index contributed by atoms with van der Waals surface area (Å²) in [6.45, 7) is 0. The molecule has 0 saturated carbocycles. The zero-order valence-corrected chi connectivity index (χ0v) is 8.50. The van der Waals surface area contributed by atoms with Gasteiger partial charge in [0, 0.05) is 12.4 Å². The van der Waals surface area contributed by atoms with E-state index < -0.39 is 0 Å². The fourth-order valence-corrected chi connectivity index (χ4v) is 1.44. The molecular formula is C9H5Cl2N3. The molecule has 0 bridgehead atoms. The second-order valence-corrected chi connectivity index (χ2v) is 3.25. The molecule has 2 aromatic rings. The SMILES string of the molecule is Clc1ncc(-c2ccccn2)c(Cl)n1. The summed E-state index contributed by atoms with van der Waals surface area (Å²) in [5.74, 6) is 0. The average molecular weight is 226 g/mol. The molecule has 2 heterocycles. The summed E-state index contributed by atoms with van der Waals surface area (Å²) in [4.78, 5) is 11.8. The van der Waals surface area contributed by atoms with Gasteiger partial charge in [0.2, 0.25) is 5.28 Å². The van der Waals surface area contributed by atoms with Crippen LogP contribution in [-0.2, 0) is 0 Å². The van der Waals surface area contributed by atoms with Gasteiger partial charge in [-0.2, -0.15) is 0 Å². The molecule has 0 atom stereocenters. The molecule has 2 aromatic heterocycles. The van der Waals surface area contributed by atoms with Crippen molar-refractivity contribution in [1.82, 2.24) is 15.0 Å². The Morgan fingerprint density at radius 2 is 1.93 bits per heavy atom. The first-order chi connectivity index (χ1) is 6.77. The number of halogens is 2. The van der Waals surface area contributed by atoms with Crippen LogP contribution in [0.25, 0.3) is 11.3 Å². The molecule has 0 aliphatic rings. The molecule has 0 fully saturated rings. The van der Waals surface area contributed by atoms with Crippen LogP contribution < -0.4 is 0 Å². The van der Waals surface area contributed by atoms with E-state index in [9.17, 15) is 0 Å². The zero-order valence-electron chi connectivity index (χ0n) is 6.98. The number of hydrogen-bond acceptors (Lipinski definition) is 3. The number of pyridine rings is 1. The lowest BCUT2D eigenvalue weighted by molar-refractivity contribution is 1.16. The molecule has 0 amide bonds. The highest BCUT2D eigenvalue weighted by atomic mass is 35.5. The lowest BCUT2D eigenvalue weighted by Gasteiger charge is -2.01. The van der Waals surface area contributed by atoms with Gasteiger partial charge in [-0.1, -0.05) is 17.7 Å². The fourth-order valence-electron chi connectivity index (χ4n) is 1.04. The van der Waals surface area contributed by atoms with Gasteiger partial charge in [-0.05, 0) is 23.7 Å². The van der Waals surface area contributed by atoms with E-state index in [1.165, 1.54) is 0 Å². The maximum absolute atomic E-state index is 5.89. The molecule has 5 heteroatoms. The van der Waals surface area contributed by atoms with Gasteiger partial charge < -0.3 is 0 Å². The van der Waals surface area contributed by atoms with Gasteiger partial charge in [0.15, 0.2) is 0 Å². The minimum atomic E-state index is 0.134.